The van der Waals surface area contributed by atoms with Gasteiger partial charge in [-0.15, -0.1) is 0 Å². The molecule has 78 valence electrons. The highest BCUT2D eigenvalue weighted by molar-refractivity contribution is 4.77. The lowest BCUT2D eigenvalue weighted by Crippen LogP contribution is -2.38. The summed E-state index contributed by atoms with van der Waals surface area (Å²) in [5.41, 5.74) is 0. The fourth-order valence-electron chi connectivity index (χ4n) is 2.00. The number of aliphatic hydroxyl groups is 1. The van der Waals surface area contributed by atoms with Gasteiger partial charge in [-0.05, 0) is 12.8 Å². The monoisotopic (exact) mass is 193 g/mol. The van der Waals surface area contributed by atoms with Gasteiger partial charge in [0.2, 0.25) is 0 Å². The first-order valence-electron chi connectivity index (χ1n) is 4.87. The topological polar surface area (TPSA) is 23.5 Å². The summed E-state index contributed by atoms with van der Waals surface area (Å²) in [7, 11) is 0. The fraction of sp³-hybridized carbons (Fsp3) is 1.00. The van der Waals surface area contributed by atoms with Gasteiger partial charge in [0.1, 0.15) is 0 Å². The van der Waals surface area contributed by atoms with Gasteiger partial charge in [-0.25, -0.2) is 8.78 Å². The fourth-order valence-corrected chi connectivity index (χ4v) is 2.00. The molecule has 0 unspecified atom stereocenters. The lowest BCUT2D eigenvalue weighted by atomic mass is 10.2. The highest BCUT2D eigenvalue weighted by Crippen LogP contribution is 2.23. The summed E-state index contributed by atoms with van der Waals surface area (Å²) in [4.78, 5) is 1.72. The van der Waals surface area contributed by atoms with E-state index in [-0.39, 0.29) is 19.2 Å². The normalized spacial score (nSPS) is 19.2. The number of alkyl halides is 2. The van der Waals surface area contributed by atoms with Crippen LogP contribution in [0.15, 0.2) is 0 Å². The number of aliphatic hydroxyl groups excluding tert-OH is 1. The molecule has 0 aliphatic heterocycles. The molecular weight excluding hydrogens is 176 g/mol. The Morgan fingerprint density at radius 3 is 2.38 bits per heavy atom. The van der Waals surface area contributed by atoms with Crippen LogP contribution in [-0.2, 0) is 0 Å². The lowest BCUT2D eigenvalue weighted by Gasteiger charge is -2.27. The molecule has 0 heterocycles. The van der Waals surface area contributed by atoms with Crippen molar-refractivity contribution in [3.63, 3.8) is 0 Å². The van der Waals surface area contributed by atoms with E-state index in [9.17, 15) is 8.78 Å². The summed E-state index contributed by atoms with van der Waals surface area (Å²) in [6.07, 6.45) is 2.00. The molecule has 1 rings (SSSR count). The predicted molar refractivity (Wildman–Crippen MR) is 46.9 cm³/mol. The molecule has 1 fully saturated rings. The molecule has 1 aliphatic carbocycles. The van der Waals surface area contributed by atoms with Gasteiger partial charge >= 0.3 is 0 Å². The Kier molecular flexibility index (Phi) is 4.59. The van der Waals surface area contributed by atoms with Crippen molar-refractivity contribution >= 4 is 0 Å². The number of halogens is 2. The van der Waals surface area contributed by atoms with Crippen LogP contribution in [0.25, 0.3) is 0 Å². The average Bonchev–Trinajstić information content (AvgIpc) is 2.54. The second-order valence-corrected chi connectivity index (χ2v) is 3.55. The summed E-state index contributed by atoms with van der Waals surface area (Å²) < 4.78 is 24.3. The molecule has 0 aromatic heterocycles. The van der Waals surface area contributed by atoms with Crippen molar-refractivity contribution in [2.75, 3.05) is 19.7 Å². The highest BCUT2D eigenvalue weighted by Gasteiger charge is 2.24. The molecule has 1 N–H and O–H groups in total. The molecule has 0 saturated heterocycles. The largest absolute Gasteiger partial charge is 0.395 e. The first-order chi connectivity index (χ1) is 6.24. The van der Waals surface area contributed by atoms with E-state index in [0.29, 0.717) is 6.54 Å². The quantitative estimate of drug-likeness (QED) is 0.715. The van der Waals surface area contributed by atoms with Crippen LogP contribution in [0.3, 0.4) is 0 Å². The first kappa shape index (κ1) is 10.9. The predicted octanol–water partition coefficient (Wildman–Crippen LogP) is 1.49. The maximum absolute atomic E-state index is 12.1. The molecule has 0 spiro atoms. The maximum Gasteiger partial charge on any atom is 0.251 e. The zero-order chi connectivity index (χ0) is 9.68. The summed E-state index contributed by atoms with van der Waals surface area (Å²) in [6.45, 7) is 0.170. The lowest BCUT2D eigenvalue weighted by molar-refractivity contribution is 0.0560. The van der Waals surface area contributed by atoms with Crippen LogP contribution in [0, 0.1) is 0 Å². The molecule has 0 atom stereocenters. The third kappa shape index (κ3) is 3.56. The van der Waals surface area contributed by atoms with Crippen LogP contribution in [-0.4, -0.2) is 42.2 Å². The third-order valence-electron chi connectivity index (χ3n) is 2.60. The van der Waals surface area contributed by atoms with Crippen LogP contribution < -0.4 is 0 Å². The second kappa shape index (κ2) is 5.50. The molecule has 1 aliphatic rings. The molecule has 0 radical (unpaired) electrons. The Hall–Kier alpha value is -0.220. The van der Waals surface area contributed by atoms with Crippen molar-refractivity contribution in [3.05, 3.63) is 0 Å². The van der Waals surface area contributed by atoms with Crippen LogP contribution in [0.4, 0.5) is 8.78 Å². The van der Waals surface area contributed by atoms with E-state index in [2.05, 4.69) is 0 Å². The molecule has 0 bridgehead atoms. The van der Waals surface area contributed by atoms with E-state index in [1.165, 1.54) is 0 Å². The van der Waals surface area contributed by atoms with Gasteiger partial charge in [0.05, 0.1) is 13.2 Å². The molecule has 2 nitrogen and oxygen atoms in total. The average molecular weight is 193 g/mol. The highest BCUT2D eigenvalue weighted by atomic mass is 19.3. The number of hydrogen-bond acceptors (Lipinski definition) is 2. The van der Waals surface area contributed by atoms with E-state index in [0.717, 1.165) is 25.7 Å². The smallest absolute Gasteiger partial charge is 0.251 e. The molecular formula is C9H17F2NO. The van der Waals surface area contributed by atoms with Gasteiger partial charge in [0.15, 0.2) is 0 Å². The van der Waals surface area contributed by atoms with E-state index in [1.807, 2.05) is 0 Å². The molecule has 0 aromatic carbocycles. The van der Waals surface area contributed by atoms with Gasteiger partial charge in [-0.3, -0.25) is 4.90 Å². The Labute approximate surface area is 77.5 Å². The maximum atomic E-state index is 12.1. The Morgan fingerprint density at radius 2 is 1.92 bits per heavy atom. The van der Waals surface area contributed by atoms with E-state index >= 15 is 0 Å². The zero-order valence-electron chi connectivity index (χ0n) is 7.75. The van der Waals surface area contributed by atoms with Crippen LogP contribution in [0.2, 0.25) is 0 Å². The minimum Gasteiger partial charge on any atom is -0.395 e. The molecule has 4 heteroatoms. The molecule has 0 aromatic rings. The standard InChI is InChI=1S/C9H17F2NO/c10-9(11)7-12(5-6-13)8-3-1-2-4-8/h8-9,13H,1-7H2. The van der Waals surface area contributed by atoms with Crippen molar-refractivity contribution in [1.29, 1.82) is 0 Å². The van der Waals surface area contributed by atoms with Gasteiger partial charge in [-0.1, -0.05) is 12.8 Å². The van der Waals surface area contributed by atoms with Crippen molar-refractivity contribution in [2.24, 2.45) is 0 Å². The minimum absolute atomic E-state index is 0.0246. The van der Waals surface area contributed by atoms with Crippen molar-refractivity contribution in [2.45, 2.75) is 38.2 Å². The van der Waals surface area contributed by atoms with Gasteiger partial charge in [-0.2, -0.15) is 0 Å². The minimum atomic E-state index is -2.29. The van der Waals surface area contributed by atoms with Crippen molar-refractivity contribution in [3.8, 4) is 0 Å². The molecule has 0 amide bonds. The number of rotatable bonds is 5. The Bertz CT molecular complexity index is 138. The van der Waals surface area contributed by atoms with Crippen LogP contribution in [0.5, 0.6) is 0 Å². The first-order valence-corrected chi connectivity index (χ1v) is 4.87. The summed E-state index contributed by atoms with van der Waals surface area (Å²) in [5, 5.41) is 8.72. The Balaban J connectivity index is 2.35. The summed E-state index contributed by atoms with van der Waals surface area (Å²) in [6, 6.07) is 0.279. The SMILES string of the molecule is OCCN(CC(F)F)C1CCCC1. The second-order valence-electron chi connectivity index (χ2n) is 3.55. The van der Waals surface area contributed by atoms with E-state index in [1.54, 1.807) is 4.90 Å². The van der Waals surface area contributed by atoms with Crippen molar-refractivity contribution < 1.29 is 13.9 Å². The Morgan fingerprint density at radius 1 is 1.31 bits per heavy atom. The van der Waals surface area contributed by atoms with Crippen molar-refractivity contribution in [1.82, 2.24) is 4.90 Å². The van der Waals surface area contributed by atoms with Gasteiger partial charge in [0, 0.05) is 12.6 Å². The van der Waals surface area contributed by atoms with Gasteiger partial charge in [0.25, 0.3) is 6.43 Å². The third-order valence-corrected chi connectivity index (χ3v) is 2.60. The summed E-state index contributed by atoms with van der Waals surface area (Å²) >= 11 is 0. The van der Waals surface area contributed by atoms with E-state index < -0.39 is 6.43 Å². The number of nitrogens with zero attached hydrogens (tertiary/aromatic N) is 1. The molecule has 13 heavy (non-hydrogen) atoms. The zero-order valence-corrected chi connectivity index (χ0v) is 7.75. The van der Waals surface area contributed by atoms with Crippen LogP contribution >= 0.6 is 0 Å². The number of hydrogen-bond donors (Lipinski definition) is 1. The van der Waals surface area contributed by atoms with Crippen LogP contribution in [0.1, 0.15) is 25.7 Å². The van der Waals surface area contributed by atoms with E-state index in [4.69, 9.17) is 5.11 Å². The van der Waals surface area contributed by atoms with Gasteiger partial charge < -0.3 is 5.11 Å². The molecule has 1 saturated carbocycles. The summed E-state index contributed by atoms with van der Waals surface area (Å²) in [5.74, 6) is 0.